The number of carbonyl (C=O) groups excluding carboxylic acids is 1. The lowest BCUT2D eigenvalue weighted by molar-refractivity contribution is -0.647. The fourth-order valence-corrected chi connectivity index (χ4v) is 1.25. The third-order valence-corrected chi connectivity index (χ3v) is 2.11. The SMILES string of the molecule is C=CCSCC(=O)[n+]1cc([NH-])on1. The van der Waals surface area contributed by atoms with Gasteiger partial charge in [0, 0.05) is 10.4 Å². The summed E-state index contributed by atoms with van der Waals surface area (Å²) >= 11 is 1.43. The molecule has 6 heteroatoms. The van der Waals surface area contributed by atoms with E-state index in [1.807, 2.05) is 0 Å². The van der Waals surface area contributed by atoms with Crippen LogP contribution in [-0.2, 0) is 0 Å². The minimum absolute atomic E-state index is 0.123. The monoisotopic (exact) mass is 199 g/mol. The van der Waals surface area contributed by atoms with Gasteiger partial charge in [-0.25, -0.2) is 4.79 Å². The Morgan fingerprint density at radius 1 is 1.92 bits per heavy atom. The van der Waals surface area contributed by atoms with Gasteiger partial charge in [-0.05, 0) is 0 Å². The average molecular weight is 199 g/mol. The van der Waals surface area contributed by atoms with Crippen LogP contribution in [0.4, 0.5) is 5.88 Å². The minimum atomic E-state index is -0.200. The summed E-state index contributed by atoms with van der Waals surface area (Å²) < 4.78 is 5.45. The van der Waals surface area contributed by atoms with Crippen molar-refractivity contribution in [1.29, 1.82) is 0 Å². The van der Waals surface area contributed by atoms with Crippen molar-refractivity contribution in [2.75, 3.05) is 11.5 Å². The Bertz CT molecular complexity index is 310. The average Bonchev–Trinajstić information content (AvgIpc) is 2.52. The molecule has 0 aliphatic carbocycles. The van der Waals surface area contributed by atoms with Crippen LogP contribution in [0.5, 0.6) is 0 Å². The minimum Gasteiger partial charge on any atom is -0.660 e. The Morgan fingerprint density at radius 3 is 3.23 bits per heavy atom. The molecular formula is C7H9N3O2S. The van der Waals surface area contributed by atoms with E-state index in [1.54, 1.807) is 6.08 Å². The van der Waals surface area contributed by atoms with Gasteiger partial charge in [0.15, 0.2) is 0 Å². The molecule has 1 rings (SSSR count). The number of hydrogen-bond acceptors (Lipinski definition) is 4. The first-order chi connectivity index (χ1) is 6.24. The summed E-state index contributed by atoms with van der Waals surface area (Å²) in [5, 5.41) is 3.36. The predicted molar refractivity (Wildman–Crippen MR) is 48.8 cm³/mol. The Hall–Kier alpha value is -1.30. The van der Waals surface area contributed by atoms with Gasteiger partial charge in [0.25, 0.3) is 0 Å². The highest BCUT2D eigenvalue weighted by Crippen LogP contribution is 2.02. The molecule has 0 aromatic carbocycles. The van der Waals surface area contributed by atoms with Gasteiger partial charge < -0.3 is 10.3 Å². The number of nitrogens with zero attached hydrogens (tertiary/aromatic N) is 2. The summed E-state index contributed by atoms with van der Waals surface area (Å²) in [5.74, 6) is 0.705. The molecule has 70 valence electrons. The summed E-state index contributed by atoms with van der Waals surface area (Å²) in [6.45, 7) is 3.53. The van der Waals surface area contributed by atoms with Crippen LogP contribution in [0.2, 0.25) is 0 Å². The molecule has 0 aliphatic heterocycles. The highest BCUT2D eigenvalue weighted by Gasteiger charge is 2.17. The summed E-state index contributed by atoms with van der Waals surface area (Å²) in [5.41, 5.74) is 7.00. The molecular weight excluding hydrogens is 190 g/mol. The first-order valence-electron chi connectivity index (χ1n) is 3.56. The lowest BCUT2D eigenvalue weighted by atomic mass is 10.7. The van der Waals surface area contributed by atoms with Gasteiger partial charge in [0.05, 0.1) is 0 Å². The Morgan fingerprint density at radius 2 is 2.69 bits per heavy atom. The van der Waals surface area contributed by atoms with Crippen LogP contribution in [0, 0.1) is 0 Å². The van der Waals surface area contributed by atoms with E-state index in [0.29, 0.717) is 5.75 Å². The zero-order chi connectivity index (χ0) is 9.68. The van der Waals surface area contributed by atoms with Gasteiger partial charge in [-0.1, -0.05) is 6.08 Å². The topological polar surface area (TPSA) is 70.8 Å². The van der Waals surface area contributed by atoms with E-state index >= 15 is 0 Å². The van der Waals surface area contributed by atoms with E-state index in [9.17, 15) is 4.79 Å². The molecule has 1 N–H and O–H groups in total. The third-order valence-electron chi connectivity index (χ3n) is 1.18. The molecule has 0 atom stereocenters. The second kappa shape index (κ2) is 4.66. The molecule has 13 heavy (non-hydrogen) atoms. The van der Waals surface area contributed by atoms with E-state index in [2.05, 4.69) is 16.4 Å². The molecule has 0 saturated heterocycles. The highest BCUT2D eigenvalue weighted by atomic mass is 32.2. The molecule has 0 amide bonds. The van der Waals surface area contributed by atoms with Crippen LogP contribution in [0.15, 0.2) is 23.4 Å². The normalized spacial score (nSPS) is 9.85. The van der Waals surface area contributed by atoms with Crippen molar-refractivity contribution in [2.45, 2.75) is 0 Å². The van der Waals surface area contributed by atoms with E-state index in [-0.39, 0.29) is 11.8 Å². The van der Waals surface area contributed by atoms with Crippen molar-refractivity contribution in [3.05, 3.63) is 24.6 Å². The zero-order valence-corrected chi connectivity index (χ0v) is 7.71. The molecule has 1 aromatic heterocycles. The maximum atomic E-state index is 11.2. The van der Waals surface area contributed by atoms with Crippen molar-refractivity contribution in [2.24, 2.45) is 0 Å². The van der Waals surface area contributed by atoms with Crippen LogP contribution >= 0.6 is 11.8 Å². The quantitative estimate of drug-likeness (QED) is 0.415. The van der Waals surface area contributed by atoms with Crippen molar-refractivity contribution in [3.8, 4) is 0 Å². The molecule has 0 unspecified atom stereocenters. The second-order valence-corrected chi connectivity index (χ2v) is 3.24. The van der Waals surface area contributed by atoms with Gasteiger partial charge in [-0.2, -0.15) is 0 Å². The van der Waals surface area contributed by atoms with Gasteiger partial charge >= 0.3 is 5.91 Å². The number of thioether (sulfide) groups is 1. The molecule has 5 nitrogen and oxygen atoms in total. The van der Waals surface area contributed by atoms with E-state index in [1.165, 1.54) is 18.0 Å². The Labute approximate surface area is 79.6 Å². The Kier molecular flexibility index (Phi) is 3.51. The molecule has 1 heterocycles. The lowest BCUT2D eigenvalue weighted by Crippen LogP contribution is -2.44. The summed E-state index contributed by atoms with van der Waals surface area (Å²) in [6.07, 6.45) is 2.96. The van der Waals surface area contributed by atoms with Crippen molar-refractivity contribution in [3.63, 3.8) is 0 Å². The first kappa shape index (κ1) is 9.79. The number of hydrogen-bond donors (Lipinski definition) is 0. The maximum absolute atomic E-state index is 11.2. The highest BCUT2D eigenvalue weighted by molar-refractivity contribution is 8.00. The molecule has 0 fully saturated rings. The van der Waals surface area contributed by atoms with Crippen LogP contribution < -0.4 is 4.68 Å². The number of carbonyl (C=O) groups is 1. The zero-order valence-electron chi connectivity index (χ0n) is 6.90. The van der Waals surface area contributed by atoms with E-state index < -0.39 is 0 Å². The van der Waals surface area contributed by atoms with Crippen molar-refractivity contribution in [1.82, 2.24) is 5.27 Å². The largest absolute Gasteiger partial charge is 0.660 e. The molecule has 0 aliphatic rings. The van der Waals surface area contributed by atoms with Gasteiger partial charge in [-0.3, -0.25) is 0 Å². The van der Waals surface area contributed by atoms with E-state index in [0.717, 1.165) is 10.4 Å². The lowest BCUT2D eigenvalue weighted by Gasteiger charge is -1.87. The second-order valence-electron chi connectivity index (χ2n) is 2.21. The third kappa shape index (κ3) is 2.90. The maximum Gasteiger partial charge on any atom is 0.429 e. The van der Waals surface area contributed by atoms with Gasteiger partial charge in [-0.15, -0.1) is 18.3 Å². The van der Waals surface area contributed by atoms with Crippen LogP contribution in [0.3, 0.4) is 0 Å². The van der Waals surface area contributed by atoms with Crippen LogP contribution in [0.1, 0.15) is 4.79 Å². The van der Waals surface area contributed by atoms with Gasteiger partial charge in [0.1, 0.15) is 11.6 Å². The molecule has 0 bridgehead atoms. The summed E-state index contributed by atoms with van der Waals surface area (Å²) in [4.78, 5) is 11.2. The fraction of sp³-hybridized carbons (Fsp3) is 0.286. The fourth-order valence-electron chi connectivity index (χ4n) is 0.659. The smallest absolute Gasteiger partial charge is 0.429 e. The van der Waals surface area contributed by atoms with Crippen LogP contribution in [-0.4, -0.2) is 22.7 Å². The predicted octanol–water partition coefficient (Wildman–Crippen LogP) is 1.21. The van der Waals surface area contributed by atoms with Gasteiger partial charge in [0.2, 0.25) is 11.5 Å². The first-order valence-corrected chi connectivity index (χ1v) is 4.71. The van der Waals surface area contributed by atoms with Crippen LogP contribution in [0.25, 0.3) is 5.73 Å². The van der Waals surface area contributed by atoms with Crippen molar-refractivity contribution >= 4 is 23.6 Å². The van der Waals surface area contributed by atoms with Crippen molar-refractivity contribution < 1.29 is 14.0 Å². The number of aromatic nitrogens is 2. The Balaban J connectivity index is 2.44. The molecule has 0 spiro atoms. The van der Waals surface area contributed by atoms with E-state index in [4.69, 9.17) is 5.73 Å². The molecule has 1 aromatic rings. The number of rotatable bonds is 4. The number of nitrogens with one attached hydrogen (secondary N) is 1. The molecule has 0 saturated carbocycles. The molecule has 0 radical (unpaired) electrons. The summed E-state index contributed by atoms with van der Waals surface area (Å²) in [7, 11) is 0. The standard InChI is InChI=1S/C7H9N3O2S/c1-2-3-13-5-7(11)10-4-6(8)12-9-10/h2,4H,1,3,5H2,(H-,8,9). The summed E-state index contributed by atoms with van der Waals surface area (Å²) in [6, 6.07) is 0.